The van der Waals surface area contributed by atoms with E-state index in [2.05, 4.69) is 31.8 Å². The second-order valence-corrected chi connectivity index (χ2v) is 4.60. The predicted octanol–water partition coefficient (Wildman–Crippen LogP) is 2.06. The number of hydrogen-bond donors (Lipinski definition) is 1. The number of nitrogens with zero attached hydrogens (tertiary/aromatic N) is 4. The summed E-state index contributed by atoms with van der Waals surface area (Å²) in [5.74, 6) is 2.04. The van der Waals surface area contributed by atoms with Crippen LogP contribution in [0, 0.1) is 0 Å². The SMILES string of the molecule is CCCCSNCc1nnc(-c2cnccn2)o1. The van der Waals surface area contributed by atoms with Crippen LogP contribution in [0.15, 0.2) is 23.0 Å². The van der Waals surface area contributed by atoms with Gasteiger partial charge in [0.05, 0.1) is 12.7 Å². The van der Waals surface area contributed by atoms with Crippen LogP contribution in [0.3, 0.4) is 0 Å². The van der Waals surface area contributed by atoms with E-state index in [0.29, 0.717) is 24.0 Å². The molecule has 0 aliphatic heterocycles. The number of hydrogen-bond acceptors (Lipinski definition) is 7. The molecule has 0 spiro atoms. The van der Waals surface area contributed by atoms with Crippen molar-refractivity contribution in [3.8, 4) is 11.6 Å². The van der Waals surface area contributed by atoms with Crippen molar-refractivity contribution in [1.29, 1.82) is 0 Å². The van der Waals surface area contributed by atoms with Gasteiger partial charge in [0.15, 0.2) is 0 Å². The average molecular weight is 265 g/mol. The molecule has 0 bridgehead atoms. The van der Waals surface area contributed by atoms with E-state index in [9.17, 15) is 0 Å². The Morgan fingerprint density at radius 1 is 1.33 bits per heavy atom. The predicted molar refractivity (Wildman–Crippen MR) is 69.5 cm³/mol. The Bertz CT molecular complexity index is 461. The maximum atomic E-state index is 5.48. The molecule has 0 amide bonds. The largest absolute Gasteiger partial charge is 0.418 e. The van der Waals surface area contributed by atoms with Crippen LogP contribution in [-0.2, 0) is 6.54 Å². The van der Waals surface area contributed by atoms with E-state index in [4.69, 9.17) is 4.42 Å². The van der Waals surface area contributed by atoms with E-state index in [-0.39, 0.29) is 0 Å². The molecule has 0 saturated heterocycles. The molecular formula is C11H15N5OS. The Kier molecular flexibility index (Phi) is 5.10. The van der Waals surface area contributed by atoms with E-state index in [1.54, 1.807) is 30.5 Å². The molecule has 1 N–H and O–H groups in total. The zero-order chi connectivity index (χ0) is 12.6. The van der Waals surface area contributed by atoms with Gasteiger partial charge in [0, 0.05) is 18.1 Å². The van der Waals surface area contributed by atoms with Crippen molar-refractivity contribution in [3.05, 3.63) is 24.5 Å². The summed E-state index contributed by atoms with van der Waals surface area (Å²) in [5.41, 5.74) is 0.592. The first kappa shape index (κ1) is 13.0. The molecule has 0 radical (unpaired) electrons. The highest BCUT2D eigenvalue weighted by molar-refractivity contribution is 7.97. The summed E-state index contributed by atoms with van der Waals surface area (Å²) < 4.78 is 8.66. The maximum absolute atomic E-state index is 5.48. The minimum atomic E-state index is 0.401. The van der Waals surface area contributed by atoms with Gasteiger partial charge in [-0.25, -0.2) is 4.98 Å². The fraction of sp³-hybridized carbons (Fsp3) is 0.455. The van der Waals surface area contributed by atoms with E-state index < -0.39 is 0 Å². The Hall–Kier alpha value is -1.47. The summed E-state index contributed by atoms with van der Waals surface area (Å²) >= 11 is 1.67. The first-order chi connectivity index (χ1) is 8.90. The summed E-state index contributed by atoms with van der Waals surface area (Å²) in [6, 6.07) is 0. The van der Waals surface area contributed by atoms with Crippen LogP contribution in [0.2, 0.25) is 0 Å². The van der Waals surface area contributed by atoms with E-state index in [1.165, 1.54) is 12.8 Å². The second kappa shape index (κ2) is 7.07. The van der Waals surface area contributed by atoms with Crippen LogP contribution < -0.4 is 4.72 Å². The van der Waals surface area contributed by atoms with Gasteiger partial charge in [0.25, 0.3) is 5.89 Å². The highest BCUT2D eigenvalue weighted by atomic mass is 32.2. The smallest absolute Gasteiger partial charge is 0.267 e. The highest BCUT2D eigenvalue weighted by Crippen LogP contribution is 2.13. The summed E-state index contributed by atoms with van der Waals surface area (Å²) in [6.45, 7) is 2.73. The molecule has 2 heterocycles. The standard InChI is InChI=1S/C11H15N5OS/c1-2-3-6-18-14-8-10-15-16-11(17-10)9-7-12-4-5-13-9/h4-5,7,14H,2-3,6,8H2,1H3. The number of nitrogens with one attached hydrogen (secondary N) is 1. The molecule has 0 atom stereocenters. The summed E-state index contributed by atoms with van der Waals surface area (Å²) in [4.78, 5) is 8.05. The average Bonchev–Trinajstić information content (AvgIpc) is 2.88. The number of rotatable bonds is 7. The van der Waals surface area contributed by atoms with Crippen molar-refractivity contribution in [1.82, 2.24) is 24.9 Å². The normalized spacial score (nSPS) is 10.7. The van der Waals surface area contributed by atoms with Gasteiger partial charge >= 0.3 is 0 Å². The molecule has 0 fully saturated rings. The van der Waals surface area contributed by atoms with Gasteiger partial charge in [-0.3, -0.25) is 9.71 Å². The van der Waals surface area contributed by atoms with Gasteiger partial charge in [-0.15, -0.1) is 10.2 Å². The molecule has 6 nitrogen and oxygen atoms in total. The van der Waals surface area contributed by atoms with Gasteiger partial charge in [-0.2, -0.15) is 0 Å². The zero-order valence-corrected chi connectivity index (χ0v) is 11.0. The summed E-state index contributed by atoms with van der Waals surface area (Å²) in [7, 11) is 0. The summed E-state index contributed by atoms with van der Waals surface area (Å²) in [5, 5.41) is 7.88. The molecule has 2 aromatic heterocycles. The van der Waals surface area contributed by atoms with Crippen molar-refractivity contribution in [2.24, 2.45) is 0 Å². The van der Waals surface area contributed by atoms with Crippen LogP contribution in [0.1, 0.15) is 25.7 Å². The molecule has 0 aliphatic rings. The molecule has 2 rings (SSSR count). The zero-order valence-electron chi connectivity index (χ0n) is 10.2. The van der Waals surface area contributed by atoms with Gasteiger partial charge < -0.3 is 4.42 Å². The third-order valence-corrected chi connectivity index (χ3v) is 3.02. The fourth-order valence-electron chi connectivity index (χ4n) is 1.24. The van der Waals surface area contributed by atoms with E-state index in [1.807, 2.05) is 0 Å². The Morgan fingerprint density at radius 2 is 2.28 bits per heavy atom. The minimum absolute atomic E-state index is 0.401. The van der Waals surface area contributed by atoms with Crippen LogP contribution >= 0.6 is 11.9 Å². The summed E-state index contributed by atoms with van der Waals surface area (Å²) in [6.07, 6.45) is 7.20. The molecule has 96 valence electrons. The van der Waals surface area contributed by atoms with Crippen molar-refractivity contribution in [2.45, 2.75) is 26.3 Å². The molecule has 0 saturated carbocycles. The van der Waals surface area contributed by atoms with E-state index >= 15 is 0 Å². The van der Waals surface area contributed by atoms with Gasteiger partial charge in [-0.05, 0) is 6.42 Å². The molecule has 0 aromatic carbocycles. The Morgan fingerprint density at radius 3 is 3.06 bits per heavy atom. The number of aromatic nitrogens is 4. The Labute approximate surface area is 110 Å². The topological polar surface area (TPSA) is 76.7 Å². The number of unbranched alkanes of at least 4 members (excludes halogenated alkanes) is 1. The lowest BCUT2D eigenvalue weighted by Gasteiger charge is -1.99. The van der Waals surface area contributed by atoms with Crippen molar-refractivity contribution in [3.63, 3.8) is 0 Å². The fourth-order valence-corrected chi connectivity index (χ4v) is 2.04. The lowest BCUT2D eigenvalue weighted by Crippen LogP contribution is -2.04. The van der Waals surface area contributed by atoms with Crippen molar-refractivity contribution < 1.29 is 4.42 Å². The molecule has 2 aromatic rings. The quantitative estimate of drug-likeness (QED) is 0.606. The Balaban J connectivity index is 1.83. The third kappa shape index (κ3) is 3.78. The van der Waals surface area contributed by atoms with Crippen LogP contribution in [-0.4, -0.2) is 25.9 Å². The molecule has 7 heteroatoms. The van der Waals surface area contributed by atoms with Gasteiger partial charge in [-0.1, -0.05) is 25.3 Å². The minimum Gasteiger partial charge on any atom is -0.418 e. The monoisotopic (exact) mass is 265 g/mol. The highest BCUT2D eigenvalue weighted by Gasteiger charge is 2.08. The van der Waals surface area contributed by atoms with Crippen LogP contribution in [0.4, 0.5) is 0 Å². The molecule has 0 aliphatic carbocycles. The molecular weight excluding hydrogens is 250 g/mol. The second-order valence-electron chi connectivity index (χ2n) is 3.61. The maximum Gasteiger partial charge on any atom is 0.267 e. The van der Waals surface area contributed by atoms with Crippen molar-refractivity contribution in [2.75, 3.05) is 5.75 Å². The first-order valence-corrected chi connectivity index (χ1v) is 6.82. The van der Waals surface area contributed by atoms with Crippen molar-refractivity contribution >= 4 is 11.9 Å². The van der Waals surface area contributed by atoms with Gasteiger partial charge in [0.1, 0.15) is 5.69 Å². The van der Waals surface area contributed by atoms with Crippen LogP contribution in [0.5, 0.6) is 0 Å². The third-order valence-electron chi connectivity index (χ3n) is 2.17. The van der Waals surface area contributed by atoms with Crippen LogP contribution in [0.25, 0.3) is 11.6 Å². The molecule has 0 unspecified atom stereocenters. The lowest BCUT2D eigenvalue weighted by molar-refractivity contribution is 0.501. The first-order valence-electron chi connectivity index (χ1n) is 5.83. The molecule has 18 heavy (non-hydrogen) atoms. The van der Waals surface area contributed by atoms with E-state index in [0.717, 1.165) is 5.75 Å². The lowest BCUT2D eigenvalue weighted by atomic mass is 10.4. The van der Waals surface area contributed by atoms with Gasteiger partial charge in [0.2, 0.25) is 5.89 Å².